The van der Waals surface area contributed by atoms with Crippen LogP contribution in [0.15, 0.2) is 54.6 Å². The predicted octanol–water partition coefficient (Wildman–Crippen LogP) is 3.63. The summed E-state index contributed by atoms with van der Waals surface area (Å²) in [7, 11) is 1.61. The van der Waals surface area contributed by atoms with E-state index in [9.17, 15) is 4.79 Å². The van der Waals surface area contributed by atoms with Crippen LogP contribution in [-0.4, -0.2) is 18.0 Å². The lowest BCUT2D eigenvalue weighted by Gasteiger charge is -2.03. The van der Waals surface area contributed by atoms with Gasteiger partial charge in [0.15, 0.2) is 0 Å². The van der Waals surface area contributed by atoms with E-state index in [-0.39, 0.29) is 5.91 Å². The van der Waals surface area contributed by atoms with Crippen LogP contribution in [0.3, 0.4) is 0 Å². The number of amides is 1. The number of fused-ring (bicyclic) bond motifs is 1. The standard InChI is InChI=1S/C18H16N2O2S/c1-22-15-8-4-2-6-13(15)10-11-17(21)19-12-18-20-14-7-3-5-9-16(14)23-18/h2-11H,12H2,1H3,(H,19,21)/b11-10+. The summed E-state index contributed by atoms with van der Waals surface area (Å²) in [4.78, 5) is 16.4. The third-order valence-electron chi connectivity index (χ3n) is 3.31. The van der Waals surface area contributed by atoms with Crippen LogP contribution in [0.5, 0.6) is 5.75 Å². The zero-order valence-corrected chi connectivity index (χ0v) is 13.5. The smallest absolute Gasteiger partial charge is 0.244 e. The van der Waals surface area contributed by atoms with Gasteiger partial charge in [-0.25, -0.2) is 4.98 Å². The first-order chi connectivity index (χ1) is 11.3. The highest BCUT2D eigenvalue weighted by molar-refractivity contribution is 7.18. The molecule has 0 aliphatic rings. The quantitative estimate of drug-likeness (QED) is 0.729. The molecule has 1 N–H and O–H groups in total. The van der Waals surface area contributed by atoms with Crippen molar-refractivity contribution in [2.45, 2.75) is 6.54 Å². The van der Waals surface area contributed by atoms with Gasteiger partial charge in [0.1, 0.15) is 10.8 Å². The van der Waals surface area contributed by atoms with Gasteiger partial charge in [-0.3, -0.25) is 4.79 Å². The molecule has 2 aromatic carbocycles. The van der Waals surface area contributed by atoms with Gasteiger partial charge < -0.3 is 10.1 Å². The van der Waals surface area contributed by atoms with Crippen LogP contribution in [-0.2, 0) is 11.3 Å². The molecule has 1 aromatic heterocycles. The number of hydrogen-bond acceptors (Lipinski definition) is 4. The summed E-state index contributed by atoms with van der Waals surface area (Å²) < 4.78 is 6.38. The SMILES string of the molecule is COc1ccccc1/C=C/C(=O)NCc1nc2ccccc2s1. The minimum absolute atomic E-state index is 0.157. The number of benzene rings is 2. The molecule has 3 aromatic rings. The highest BCUT2D eigenvalue weighted by atomic mass is 32.1. The van der Waals surface area contributed by atoms with E-state index in [1.165, 1.54) is 6.08 Å². The Balaban J connectivity index is 1.62. The number of methoxy groups -OCH3 is 1. The molecule has 0 fully saturated rings. The fourth-order valence-corrected chi connectivity index (χ4v) is 3.09. The number of para-hydroxylation sites is 2. The summed E-state index contributed by atoms with van der Waals surface area (Å²) in [6, 6.07) is 15.5. The third-order valence-corrected chi connectivity index (χ3v) is 4.34. The summed E-state index contributed by atoms with van der Waals surface area (Å²) in [5.74, 6) is 0.581. The van der Waals surface area contributed by atoms with E-state index in [1.54, 1.807) is 24.5 Å². The Labute approximate surface area is 138 Å². The number of ether oxygens (including phenoxy) is 1. The second kappa shape index (κ2) is 7.07. The Morgan fingerprint density at radius 1 is 1.22 bits per heavy atom. The predicted molar refractivity (Wildman–Crippen MR) is 93.5 cm³/mol. The van der Waals surface area contributed by atoms with E-state index < -0.39 is 0 Å². The van der Waals surface area contributed by atoms with Gasteiger partial charge >= 0.3 is 0 Å². The van der Waals surface area contributed by atoms with Crippen molar-refractivity contribution in [2.75, 3.05) is 7.11 Å². The average Bonchev–Trinajstić information content (AvgIpc) is 3.01. The molecule has 0 saturated heterocycles. The molecule has 4 nitrogen and oxygen atoms in total. The fourth-order valence-electron chi connectivity index (χ4n) is 2.19. The number of nitrogens with zero attached hydrogens (tertiary/aromatic N) is 1. The Morgan fingerprint density at radius 3 is 2.83 bits per heavy atom. The van der Waals surface area contributed by atoms with Crippen molar-refractivity contribution in [3.8, 4) is 5.75 Å². The minimum atomic E-state index is -0.157. The summed E-state index contributed by atoms with van der Waals surface area (Å²) in [5, 5.41) is 3.74. The number of hydrogen-bond donors (Lipinski definition) is 1. The van der Waals surface area contributed by atoms with E-state index in [0.29, 0.717) is 6.54 Å². The normalized spacial score (nSPS) is 11.0. The number of carbonyl (C=O) groups is 1. The Bertz CT molecular complexity index is 822. The summed E-state index contributed by atoms with van der Waals surface area (Å²) in [5.41, 5.74) is 1.83. The molecule has 1 heterocycles. The van der Waals surface area contributed by atoms with Crippen molar-refractivity contribution in [3.63, 3.8) is 0 Å². The van der Waals surface area contributed by atoms with E-state index in [1.807, 2.05) is 48.5 Å². The van der Waals surface area contributed by atoms with Gasteiger partial charge in [0.2, 0.25) is 5.91 Å². The van der Waals surface area contributed by atoms with E-state index in [0.717, 1.165) is 26.5 Å². The third kappa shape index (κ3) is 3.76. The van der Waals surface area contributed by atoms with Crippen molar-refractivity contribution in [1.82, 2.24) is 10.3 Å². The Hall–Kier alpha value is -2.66. The molecule has 0 radical (unpaired) electrons. The average molecular weight is 324 g/mol. The van der Waals surface area contributed by atoms with E-state index >= 15 is 0 Å². The maximum absolute atomic E-state index is 11.9. The van der Waals surface area contributed by atoms with Gasteiger partial charge in [-0.05, 0) is 24.3 Å². The van der Waals surface area contributed by atoms with Crippen LogP contribution < -0.4 is 10.1 Å². The summed E-state index contributed by atoms with van der Waals surface area (Å²) >= 11 is 1.59. The second-order valence-electron chi connectivity index (χ2n) is 4.87. The lowest BCUT2D eigenvalue weighted by atomic mass is 10.2. The lowest BCUT2D eigenvalue weighted by Crippen LogP contribution is -2.20. The van der Waals surface area contributed by atoms with Crippen LogP contribution in [0.25, 0.3) is 16.3 Å². The van der Waals surface area contributed by atoms with Gasteiger partial charge in [0.05, 0.1) is 23.9 Å². The molecule has 1 amide bonds. The monoisotopic (exact) mass is 324 g/mol. The highest BCUT2D eigenvalue weighted by Gasteiger charge is 2.04. The van der Waals surface area contributed by atoms with Gasteiger partial charge in [-0.1, -0.05) is 30.3 Å². The largest absolute Gasteiger partial charge is 0.496 e. The maximum atomic E-state index is 11.9. The van der Waals surface area contributed by atoms with Crippen molar-refractivity contribution < 1.29 is 9.53 Å². The van der Waals surface area contributed by atoms with Crippen LogP contribution >= 0.6 is 11.3 Å². The number of nitrogens with one attached hydrogen (secondary N) is 1. The fraction of sp³-hybridized carbons (Fsp3) is 0.111. The molecule has 116 valence electrons. The molecular formula is C18H16N2O2S. The Morgan fingerprint density at radius 2 is 2.00 bits per heavy atom. The summed E-state index contributed by atoms with van der Waals surface area (Å²) in [6.45, 7) is 0.425. The topological polar surface area (TPSA) is 51.2 Å². The molecule has 0 aliphatic heterocycles. The number of carbonyl (C=O) groups excluding carboxylic acids is 1. The minimum Gasteiger partial charge on any atom is -0.496 e. The molecule has 0 spiro atoms. The molecule has 0 atom stereocenters. The zero-order chi connectivity index (χ0) is 16.1. The first kappa shape index (κ1) is 15.2. The Kier molecular flexibility index (Phi) is 4.68. The van der Waals surface area contributed by atoms with Crippen LogP contribution in [0.4, 0.5) is 0 Å². The van der Waals surface area contributed by atoms with Crippen molar-refractivity contribution in [1.29, 1.82) is 0 Å². The molecule has 3 rings (SSSR count). The van der Waals surface area contributed by atoms with E-state index in [4.69, 9.17) is 4.74 Å². The maximum Gasteiger partial charge on any atom is 0.244 e. The van der Waals surface area contributed by atoms with Gasteiger partial charge in [0.25, 0.3) is 0 Å². The number of rotatable bonds is 5. The van der Waals surface area contributed by atoms with Crippen molar-refractivity contribution >= 4 is 33.5 Å². The van der Waals surface area contributed by atoms with Crippen LogP contribution in [0, 0.1) is 0 Å². The van der Waals surface area contributed by atoms with Crippen molar-refractivity contribution in [3.05, 3.63) is 65.2 Å². The highest BCUT2D eigenvalue weighted by Crippen LogP contribution is 2.21. The van der Waals surface area contributed by atoms with Crippen LogP contribution in [0.2, 0.25) is 0 Å². The first-order valence-corrected chi connectivity index (χ1v) is 8.01. The zero-order valence-electron chi connectivity index (χ0n) is 12.7. The molecule has 0 saturated carbocycles. The van der Waals surface area contributed by atoms with E-state index in [2.05, 4.69) is 10.3 Å². The first-order valence-electron chi connectivity index (χ1n) is 7.19. The number of thiazole rings is 1. The molecular weight excluding hydrogens is 308 g/mol. The van der Waals surface area contributed by atoms with Gasteiger partial charge in [0, 0.05) is 11.6 Å². The van der Waals surface area contributed by atoms with Crippen LogP contribution in [0.1, 0.15) is 10.6 Å². The molecule has 0 unspecified atom stereocenters. The molecule has 5 heteroatoms. The molecule has 0 aliphatic carbocycles. The number of aromatic nitrogens is 1. The molecule has 0 bridgehead atoms. The van der Waals surface area contributed by atoms with Gasteiger partial charge in [-0.2, -0.15) is 0 Å². The van der Waals surface area contributed by atoms with Crippen molar-refractivity contribution in [2.24, 2.45) is 0 Å². The second-order valence-corrected chi connectivity index (χ2v) is 5.98. The molecule has 23 heavy (non-hydrogen) atoms. The lowest BCUT2D eigenvalue weighted by molar-refractivity contribution is -0.116. The van der Waals surface area contributed by atoms with Gasteiger partial charge in [-0.15, -0.1) is 11.3 Å². The summed E-state index contributed by atoms with van der Waals surface area (Å²) in [6.07, 6.45) is 3.25.